The molecule has 0 bridgehead atoms. The van der Waals surface area contributed by atoms with E-state index in [1.54, 1.807) is 36.0 Å². The number of halogens is 2. The first kappa shape index (κ1) is 18.0. The number of fused-ring (bicyclic) bond motifs is 1. The third kappa shape index (κ3) is 3.98. The molecule has 1 N–H and O–H groups in total. The van der Waals surface area contributed by atoms with Gasteiger partial charge < -0.3 is 4.57 Å². The normalized spacial score (nSPS) is 13.6. The van der Waals surface area contributed by atoms with Crippen LogP contribution in [-0.4, -0.2) is 23.7 Å². The standard InChI is InChI=1S/C18H15F2N3O2S2/c19-13-7-12(8-14(20)9-13)11-27(24,25)22-16-4-2-1-3-15(16)17-10-23-5-6-26-18(23)21-17/h1-4,7-10,22H,5-6,11H2. The summed E-state index contributed by atoms with van der Waals surface area (Å²) in [6.45, 7) is 0.867. The molecule has 0 aliphatic carbocycles. The second-order valence-electron chi connectivity index (χ2n) is 6.14. The first-order chi connectivity index (χ1) is 12.9. The van der Waals surface area contributed by atoms with E-state index in [-0.39, 0.29) is 5.56 Å². The van der Waals surface area contributed by atoms with Gasteiger partial charge in [-0.2, -0.15) is 0 Å². The van der Waals surface area contributed by atoms with Gasteiger partial charge in [0.25, 0.3) is 0 Å². The highest BCUT2D eigenvalue weighted by Gasteiger charge is 2.19. The van der Waals surface area contributed by atoms with E-state index in [4.69, 9.17) is 0 Å². The molecule has 3 aromatic rings. The van der Waals surface area contributed by atoms with Crippen LogP contribution in [0.15, 0.2) is 53.8 Å². The first-order valence-corrected chi connectivity index (χ1v) is 10.8. The highest BCUT2D eigenvalue weighted by molar-refractivity contribution is 7.99. The number of hydrogen-bond acceptors (Lipinski definition) is 4. The van der Waals surface area contributed by atoms with Crippen LogP contribution in [0.4, 0.5) is 14.5 Å². The van der Waals surface area contributed by atoms with Crippen LogP contribution in [0.2, 0.25) is 0 Å². The Balaban J connectivity index is 1.62. The zero-order chi connectivity index (χ0) is 19.0. The fourth-order valence-corrected chi connectivity index (χ4v) is 5.09. The predicted octanol–water partition coefficient (Wildman–Crippen LogP) is 3.88. The lowest BCUT2D eigenvalue weighted by Crippen LogP contribution is -2.16. The maximum Gasteiger partial charge on any atom is 0.236 e. The molecule has 0 amide bonds. The van der Waals surface area contributed by atoms with Gasteiger partial charge in [0.2, 0.25) is 10.0 Å². The highest BCUT2D eigenvalue weighted by Crippen LogP contribution is 2.33. The van der Waals surface area contributed by atoms with Gasteiger partial charge in [-0.15, -0.1) is 0 Å². The minimum absolute atomic E-state index is 0.0369. The van der Waals surface area contributed by atoms with E-state index in [0.29, 0.717) is 23.0 Å². The molecule has 2 heterocycles. The van der Waals surface area contributed by atoms with E-state index in [1.165, 1.54) is 0 Å². The van der Waals surface area contributed by atoms with Gasteiger partial charge in [-0.3, -0.25) is 4.72 Å². The highest BCUT2D eigenvalue weighted by atomic mass is 32.2. The van der Waals surface area contributed by atoms with Crippen LogP contribution in [0, 0.1) is 11.6 Å². The van der Waals surface area contributed by atoms with Crippen molar-refractivity contribution in [2.45, 2.75) is 17.5 Å². The average Bonchev–Trinajstić information content (AvgIpc) is 3.15. The zero-order valence-corrected chi connectivity index (χ0v) is 15.7. The molecule has 0 saturated heterocycles. The van der Waals surface area contributed by atoms with Crippen molar-refractivity contribution in [2.75, 3.05) is 10.5 Å². The molecule has 2 aromatic carbocycles. The number of nitrogens with zero attached hydrogens (tertiary/aromatic N) is 2. The zero-order valence-electron chi connectivity index (χ0n) is 14.0. The Kier molecular flexibility index (Phi) is 4.65. The van der Waals surface area contributed by atoms with Crippen molar-refractivity contribution in [1.82, 2.24) is 9.55 Å². The summed E-state index contributed by atoms with van der Waals surface area (Å²) < 4.78 is 56.2. The number of nitrogens with one attached hydrogen (secondary N) is 1. The van der Waals surface area contributed by atoms with Crippen LogP contribution < -0.4 is 4.72 Å². The Labute approximate surface area is 159 Å². The number of anilines is 1. The van der Waals surface area contributed by atoms with Gasteiger partial charge >= 0.3 is 0 Å². The summed E-state index contributed by atoms with van der Waals surface area (Å²) in [5.74, 6) is -1.19. The van der Waals surface area contributed by atoms with Crippen molar-refractivity contribution in [3.05, 3.63) is 65.9 Å². The summed E-state index contributed by atoms with van der Waals surface area (Å²) in [6, 6.07) is 9.64. The molecular formula is C18H15F2N3O2S2. The SMILES string of the molecule is O=S(=O)(Cc1cc(F)cc(F)c1)Nc1ccccc1-c1cn2c(n1)SCC2. The topological polar surface area (TPSA) is 64.0 Å². The van der Waals surface area contributed by atoms with E-state index < -0.39 is 27.4 Å². The lowest BCUT2D eigenvalue weighted by atomic mass is 10.1. The maximum absolute atomic E-state index is 13.3. The van der Waals surface area contributed by atoms with Gasteiger partial charge in [-0.1, -0.05) is 30.0 Å². The van der Waals surface area contributed by atoms with E-state index in [2.05, 4.69) is 9.71 Å². The summed E-state index contributed by atoms with van der Waals surface area (Å²) in [5, 5.41) is 0.901. The second kappa shape index (κ2) is 6.97. The fourth-order valence-electron chi connectivity index (χ4n) is 2.95. The molecule has 9 heteroatoms. The number of rotatable bonds is 5. The van der Waals surface area contributed by atoms with Crippen molar-refractivity contribution in [1.29, 1.82) is 0 Å². The number of aryl methyl sites for hydroxylation is 1. The van der Waals surface area contributed by atoms with Crippen LogP contribution in [0.25, 0.3) is 11.3 Å². The molecule has 1 aliphatic rings. The molecule has 0 radical (unpaired) electrons. The molecule has 0 unspecified atom stereocenters. The van der Waals surface area contributed by atoms with Gasteiger partial charge in [0.1, 0.15) is 11.6 Å². The summed E-state index contributed by atoms with van der Waals surface area (Å²) in [7, 11) is -3.87. The molecule has 5 nitrogen and oxygen atoms in total. The lowest BCUT2D eigenvalue weighted by molar-refractivity contribution is 0.579. The minimum atomic E-state index is -3.87. The Morgan fingerprint density at radius 2 is 1.89 bits per heavy atom. The number of benzene rings is 2. The summed E-state index contributed by atoms with van der Waals surface area (Å²) >= 11 is 1.65. The van der Waals surface area contributed by atoms with Crippen molar-refractivity contribution in [3.8, 4) is 11.3 Å². The molecule has 4 rings (SSSR count). The summed E-state index contributed by atoms with van der Waals surface area (Å²) in [6.07, 6.45) is 1.89. The molecule has 0 spiro atoms. The third-order valence-electron chi connectivity index (χ3n) is 4.05. The van der Waals surface area contributed by atoms with Gasteiger partial charge in [0.05, 0.1) is 17.1 Å². The van der Waals surface area contributed by atoms with Crippen LogP contribution in [0.5, 0.6) is 0 Å². The Morgan fingerprint density at radius 3 is 2.63 bits per heavy atom. The number of hydrogen-bond donors (Lipinski definition) is 1. The van der Waals surface area contributed by atoms with Gasteiger partial charge in [0, 0.05) is 30.1 Å². The smallest absolute Gasteiger partial charge is 0.236 e. The van der Waals surface area contributed by atoms with Crippen molar-refractivity contribution >= 4 is 27.5 Å². The second-order valence-corrected chi connectivity index (χ2v) is 8.92. The summed E-state index contributed by atoms with van der Waals surface area (Å²) in [4.78, 5) is 4.55. The molecule has 0 saturated carbocycles. The quantitative estimate of drug-likeness (QED) is 0.697. The van der Waals surface area contributed by atoms with Crippen molar-refractivity contribution in [3.63, 3.8) is 0 Å². The van der Waals surface area contributed by atoms with Crippen LogP contribution in [0.3, 0.4) is 0 Å². The molecule has 1 aromatic heterocycles. The maximum atomic E-state index is 13.3. The Morgan fingerprint density at radius 1 is 1.15 bits per heavy atom. The molecule has 1 aliphatic heterocycles. The van der Waals surface area contributed by atoms with Gasteiger partial charge in [-0.25, -0.2) is 22.2 Å². The number of sulfonamides is 1. The number of thioether (sulfide) groups is 1. The number of imidazole rings is 1. The number of para-hydroxylation sites is 1. The van der Waals surface area contributed by atoms with Crippen LogP contribution >= 0.6 is 11.8 Å². The average molecular weight is 407 g/mol. The van der Waals surface area contributed by atoms with Crippen LogP contribution in [0.1, 0.15) is 5.56 Å². The molecular weight excluding hydrogens is 392 g/mol. The van der Waals surface area contributed by atoms with E-state index in [0.717, 1.165) is 29.6 Å². The molecule has 27 heavy (non-hydrogen) atoms. The largest absolute Gasteiger partial charge is 0.325 e. The van der Waals surface area contributed by atoms with Crippen molar-refractivity contribution < 1.29 is 17.2 Å². The Hall–Kier alpha value is -2.39. The van der Waals surface area contributed by atoms with E-state index in [1.807, 2.05) is 10.8 Å². The Bertz CT molecular complexity index is 1070. The predicted molar refractivity (Wildman–Crippen MR) is 101 cm³/mol. The first-order valence-electron chi connectivity index (χ1n) is 8.14. The summed E-state index contributed by atoms with van der Waals surface area (Å²) in [5.41, 5.74) is 1.73. The van der Waals surface area contributed by atoms with E-state index in [9.17, 15) is 17.2 Å². The minimum Gasteiger partial charge on any atom is -0.325 e. The van der Waals surface area contributed by atoms with E-state index >= 15 is 0 Å². The fraction of sp³-hybridized carbons (Fsp3) is 0.167. The van der Waals surface area contributed by atoms with Crippen LogP contribution in [-0.2, 0) is 22.3 Å². The monoisotopic (exact) mass is 407 g/mol. The molecule has 0 fully saturated rings. The molecule has 0 atom stereocenters. The number of aromatic nitrogens is 2. The van der Waals surface area contributed by atoms with Gasteiger partial charge in [-0.05, 0) is 23.8 Å². The molecule has 140 valence electrons. The van der Waals surface area contributed by atoms with Gasteiger partial charge in [0.15, 0.2) is 5.16 Å². The third-order valence-corrected chi connectivity index (χ3v) is 6.27. The van der Waals surface area contributed by atoms with Crippen molar-refractivity contribution in [2.24, 2.45) is 0 Å². The lowest BCUT2D eigenvalue weighted by Gasteiger charge is -2.12.